The second-order valence-electron chi connectivity index (χ2n) is 8.20. The van der Waals surface area contributed by atoms with E-state index in [4.69, 9.17) is 0 Å². The molecule has 1 amide bonds. The highest BCUT2D eigenvalue weighted by Crippen LogP contribution is 2.35. The number of likely N-dealkylation sites (tertiary alicyclic amines) is 1. The van der Waals surface area contributed by atoms with E-state index in [9.17, 15) is 19.5 Å². The first-order valence-electron chi connectivity index (χ1n) is 10.3. The second-order valence-corrected chi connectivity index (χ2v) is 9.17. The third-order valence-electron chi connectivity index (χ3n) is 6.18. The molecule has 2 aromatic heterocycles. The van der Waals surface area contributed by atoms with Gasteiger partial charge in [0.2, 0.25) is 11.8 Å². The van der Waals surface area contributed by atoms with Gasteiger partial charge in [-0.1, -0.05) is 31.7 Å². The van der Waals surface area contributed by atoms with Crippen LogP contribution in [-0.2, 0) is 11.3 Å². The van der Waals surface area contributed by atoms with Crippen LogP contribution in [0.25, 0.3) is 0 Å². The Balaban J connectivity index is 1.43. The summed E-state index contributed by atoms with van der Waals surface area (Å²) in [5, 5.41) is 10.4. The van der Waals surface area contributed by atoms with Crippen molar-refractivity contribution in [3.05, 3.63) is 50.2 Å². The minimum atomic E-state index is -0.360. The first-order valence-corrected chi connectivity index (χ1v) is 11.3. The summed E-state index contributed by atoms with van der Waals surface area (Å²) in [4.78, 5) is 45.8. The van der Waals surface area contributed by atoms with Gasteiger partial charge in [0, 0.05) is 37.3 Å². The number of thioether (sulfide) groups is 1. The summed E-state index contributed by atoms with van der Waals surface area (Å²) >= 11 is 1.12. The number of amides is 1. The standard InChI is InChI=1S/C21H26N4O4S/c1-3-12(2)18-19(28)22-21(23-20(18)29)30-11-17(27)24-8-13-7-14(10-24)15-5-4-6-16(26)25(15)9-13/h4-6,12-14H,3,7-11H2,1-2H3,(H2,22,23,28,29)/t12-,13-,14+/m0/s1. The first-order chi connectivity index (χ1) is 14.4. The molecule has 0 radical (unpaired) electrons. The summed E-state index contributed by atoms with van der Waals surface area (Å²) in [6, 6.07) is 5.34. The average molecular weight is 431 g/mol. The fourth-order valence-electron chi connectivity index (χ4n) is 4.49. The van der Waals surface area contributed by atoms with Crippen LogP contribution < -0.4 is 11.1 Å². The lowest BCUT2D eigenvalue weighted by Crippen LogP contribution is -2.49. The lowest BCUT2D eigenvalue weighted by molar-refractivity contribution is -0.131. The number of pyridine rings is 1. The lowest BCUT2D eigenvalue weighted by Gasteiger charge is -2.42. The van der Waals surface area contributed by atoms with Gasteiger partial charge in [0.25, 0.3) is 11.1 Å². The van der Waals surface area contributed by atoms with Crippen molar-refractivity contribution in [3.63, 3.8) is 0 Å². The van der Waals surface area contributed by atoms with E-state index < -0.39 is 0 Å². The zero-order valence-electron chi connectivity index (χ0n) is 17.1. The summed E-state index contributed by atoms with van der Waals surface area (Å²) in [6.45, 7) is 5.65. The van der Waals surface area contributed by atoms with Crippen molar-refractivity contribution in [2.24, 2.45) is 5.92 Å². The monoisotopic (exact) mass is 430 g/mol. The molecule has 4 heterocycles. The molecule has 2 N–H and O–H groups in total. The Morgan fingerprint density at radius 2 is 2.13 bits per heavy atom. The Morgan fingerprint density at radius 3 is 2.87 bits per heavy atom. The largest absolute Gasteiger partial charge is 0.493 e. The quantitative estimate of drug-likeness (QED) is 0.554. The smallest absolute Gasteiger partial charge is 0.258 e. The Morgan fingerprint density at radius 1 is 1.33 bits per heavy atom. The van der Waals surface area contributed by atoms with Crippen molar-refractivity contribution >= 4 is 17.7 Å². The lowest BCUT2D eigenvalue weighted by atomic mass is 9.83. The molecule has 160 valence electrons. The number of hydrogen-bond donors (Lipinski definition) is 2. The molecule has 1 saturated heterocycles. The second kappa shape index (κ2) is 8.29. The van der Waals surface area contributed by atoms with Crippen LogP contribution in [-0.4, -0.2) is 49.3 Å². The molecule has 2 bridgehead atoms. The topological polar surface area (TPSA) is 108 Å². The van der Waals surface area contributed by atoms with Gasteiger partial charge in [0.05, 0.1) is 11.3 Å². The number of H-pyrrole nitrogens is 1. The van der Waals surface area contributed by atoms with Crippen LogP contribution in [0.15, 0.2) is 32.9 Å². The minimum absolute atomic E-state index is 0.0215. The molecule has 2 aromatic rings. The molecule has 3 atom stereocenters. The van der Waals surface area contributed by atoms with Gasteiger partial charge in [0.1, 0.15) is 0 Å². The number of nitrogens with zero attached hydrogens (tertiary/aromatic N) is 3. The van der Waals surface area contributed by atoms with E-state index >= 15 is 0 Å². The fourth-order valence-corrected chi connectivity index (χ4v) is 5.25. The van der Waals surface area contributed by atoms with Crippen molar-refractivity contribution in [1.29, 1.82) is 0 Å². The fraction of sp³-hybridized carbons (Fsp3) is 0.524. The number of aromatic nitrogens is 3. The molecule has 9 heteroatoms. The van der Waals surface area contributed by atoms with Crippen molar-refractivity contribution in [2.75, 3.05) is 18.8 Å². The average Bonchev–Trinajstić information content (AvgIpc) is 2.72. The third kappa shape index (κ3) is 3.90. The van der Waals surface area contributed by atoms with Gasteiger partial charge in [-0.05, 0) is 30.7 Å². The van der Waals surface area contributed by atoms with Gasteiger partial charge in [-0.25, -0.2) is 0 Å². The molecule has 0 saturated carbocycles. The zero-order valence-corrected chi connectivity index (χ0v) is 17.9. The summed E-state index contributed by atoms with van der Waals surface area (Å²) < 4.78 is 1.84. The van der Waals surface area contributed by atoms with Crippen LogP contribution >= 0.6 is 11.8 Å². The number of fused-ring (bicyclic) bond motifs is 4. The van der Waals surface area contributed by atoms with Gasteiger partial charge < -0.3 is 19.6 Å². The van der Waals surface area contributed by atoms with E-state index in [0.29, 0.717) is 19.6 Å². The molecule has 2 aliphatic rings. The van der Waals surface area contributed by atoms with Crippen molar-refractivity contribution < 1.29 is 9.90 Å². The molecule has 8 nitrogen and oxygen atoms in total. The highest BCUT2D eigenvalue weighted by molar-refractivity contribution is 7.99. The predicted octanol–water partition coefficient (Wildman–Crippen LogP) is 1.89. The summed E-state index contributed by atoms with van der Waals surface area (Å²) in [5.41, 5.74) is 0.945. The number of piperidine rings is 1. The molecule has 2 aliphatic heterocycles. The Bertz CT molecular complexity index is 1080. The van der Waals surface area contributed by atoms with Crippen molar-refractivity contribution in [1.82, 2.24) is 19.4 Å². The van der Waals surface area contributed by atoms with Gasteiger partial charge >= 0.3 is 0 Å². The highest BCUT2D eigenvalue weighted by atomic mass is 32.2. The molecule has 1 fully saturated rings. The molecular formula is C21H26N4O4S. The van der Waals surface area contributed by atoms with Gasteiger partial charge in [0.15, 0.2) is 5.16 Å². The van der Waals surface area contributed by atoms with Crippen LogP contribution in [0, 0.1) is 5.92 Å². The van der Waals surface area contributed by atoms with E-state index in [0.717, 1.165) is 30.3 Å². The maximum absolute atomic E-state index is 12.8. The minimum Gasteiger partial charge on any atom is -0.493 e. The van der Waals surface area contributed by atoms with E-state index in [-0.39, 0.29) is 57.1 Å². The Hall–Kier alpha value is -2.55. The maximum atomic E-state index is 12.8. The molecule has 0 aromatic carbocycles. The van der Waals surface area contributed by atoms with Crippen LogP contribution in [0.1, 0.15) is 49.8 Å². The molecule has 0 unspecified atom stereocenters. The van der Waals surface area contributed by atoms with Crippen LogP contribution in [0.3, 0.4) is 0 Å². The van der Waals surface area contributed by atoms with Gasteiger partial charge in [-0.2, -0.15) is 4.98 Å². The highest BCUT2D eigenvalue weighted by Gasteiger charge is 2.36. The molecule has 0 spiro atoms. The van der Waals surface area contributed by atoms with E-state index in [1.54, 1.807) is 12.1 Å². The predicted molar refractivity (Wildman–Crippen MR) is 114 cm³/mol. The number of carbonyl (C=O) groups excluding carboxylic acids is 1. The van der Waals surface area contributed by atoms with Crippen LogP contribution in [0.4, 0.5) is 0 Å². The first kappa shape index (κ1) is 20.7. The SMILES string of the molecule is CC[C@H](C)c1c(O)nc(SCC(=O)N2C[C@@H]3C[C@H](C2)c2cccc(=O)n2C3)[nH]c1=O. The number of aromatic hydroxyl groups is 1. The number of aromatic amines is 1. The number of nitrogens with one attached hydrogen (secondary N) is 1. The van der Waals surface area contributed by atoms with E-state index in [1.807, 2.05) is 29.4 Å². The molecule has 30 heavy (non-hydrogen) atoms. The van der Waals surface area contributed by atoms with E-state index in [1.165, 1.54) is 0 Å². The summed E-state index contributed by atoms with van der Waals surface area (Å²) in [5.74, 6) is 0.169. The van der Waals surface area contributed by atoms with Crippen molar-refractivity contribution in [2.45, 2.75) is 50.2 Å². The number of hydrogen-bond acceptors (Lipinski definition) is 6. The van der Waals surface area contributed by atoms with E-state index in [2.05, 4.69) is 9.97 Å². The number of rotatable bonds is 5. The molecule has 4 rings (SSSR count). The van der Waals surface area contributed by atoms with Crippen LogP contribution in [0.2, 0.25) is 0 Å². The summed E-state index contributed by atoms with van der Waals surface area (Å²) in [7, 11) is 0. The summed E-state index contributed by atoms with van der Waals surface area (Å²) in [6.07, 6.45) is 1.70. The zero-order chi connectivity index (χ0) is 21.4. The maximum Gasteiger partial charge on any atom is 0.258 e. The van der Waals surface area contributed by atoms with Gasteiger partial charge in [-0.3, -0.25) is 14.4 Å². The van der Waals surface area contributed by atoms with Crippen LogP contribution in [0.5, 0.6) is 5.88 Å². The third-order valence-corrected chi connectivity index (χ3v) is 7.04. The molecule has 0 aliphatic carbocycles. The Labute approximate surface area is 178 Å². The van der Waals surface area contributed by atoms with Crippen molar-refractivity contribution in [3.8, 4) is 5.88 Å². The Kier molecular flexibility index (Phi) is 5.73. The number of carbonyl (C=O) groups is 1. The normalized spacial score (nSPS) is 21.2. The van der Waals surface area contributed by atoms with Gasteiger partial charge in [-0.15, -0.1) is 0 Å². The molecular weight excluding hydrogens is 404 g/mol.